The molecule has 25 heavy (non-hydrogen) atoms. The first kappa shape index (κ1) is 18.4. The number of benzene rings is 2. The summed E-state index contributed by atoms with van der Waals surface area (Å²) in [6.07, 6.45) is -5.83. The van der Waals surface area contributed by atoms with Crippen LogP contribution in [0.4, 0.5) is 23.2 Å². The number of hydrogen-bond acceptors (Lipinski definition) is 3. The van der Waals surface area contributed by atoms with Gasteiger partial charge in [-0.3, -0.25) is 4.79 Å². The summed E-state index contributed by atoms with van der Waals surface area (Å²) in [5.74, 6) is -2.38. The van der Waals surface area contributed by atoms with E-state index < -0.39 is 35.5 Å². The van der Waals surface area contributed by atoms with Crippen LogP contribution in [0.3, 0.4) is 0 Å². The molecule has 0 aliphatic carbocycles. The second-order valence-corrected chi connectivity index (χ2v) is 5.13. The quantitative estimate of drug-likeness (QED) is 0.666. The first-order valence-corrected chi connectivity index (χ1v) is 7.11. The van der Waals surface area contributed by atoms with Gasteiger partial charge in [-0.1, -0.05) is 12.1 Å². The van der Waals surface area contributed by atoms with Gasteiger partial charge in [-0.05, 0) is 43.3 Å². The molecule has 0 spiro atoms. The molecule has 0 aromatic heterocycles. The second-order valence-electron chi connectivity index (χ2n) is 5.13. The van der Waals surface area contributed by atoms with Crippen molar-refractivity contribution in [3.05, 3.63) is 65.5 Å². The fourth-order valence-electron chi connectivity index (χ4n) is 1.91. The van der Waals surface area contributed by atoms with E-state index in [0.717, 1.165) is 30.3 Å². The Balaban J connectivity index is 2.02. The first-order chi connectivity index (χ1) is 11.7. The molecular formula is C17H13F4NO3. The third-order valence-corrected chi connectivity index (χ3v) is 3.17. The van der Waals surface area contributed by atoms with Gasteiger partial charge in [0.15, 0.2) is 6.10 Å². The van der Waals surface area contributed by atoms with E-state index in [9.17, 15) is 27.2 Å². The third-order valence-electron chi connectivity index (χ3n) is 3.17. The van der Waals surface area contributed by atoms with Crippen molar-refractivity contribution in [2.75, 3.05) is 5.32 Å². The molecule has 0 radical (unpaired) electrons. The third kappa shape index (κ3) is 5.03. The lowest BCUT2D eigenvalue weighted by molar-refractivity contribution is -0.137. The maximum Gasteiger partial charge on any atom is 0.416 e. The molecule has 1 unspecified atom stereocenters. The highest BCUT2D eigenvalue weighted by Crippen LogP contribution is 2.30. The summed E-state index contributed by atoms with van der Waals surface area (Å²) in [5.41, 5.74) is -1.10. The van der Waals surface area contributed by atoms with E-state index in [2.05, 4.69) is 5.32 Å². The minimum Gasteiger partial charge on any atom is -0.449 e. The number of halogens is 4. The van der Waals surface area contributed by atoms with Crippen LogP contribution in [-0.4, -0.2) is 18.0 Å². The summed E-state index contributed by atoms with van der Waals surface area (Å²) in [5, 5.41) is 2.23. The van der Waals surface area contributed by atoms with E-state index in [0.29, 0.717) is 0 Å². The van der Waals surface area contributed by atoms with Crippen molar-refractivity contribution < 1.29 is 31.9 Å². The Morgan fingerprint density at radius 2 is 1.76 bits per heavy atom. The number of anilines is 1. The number of carbonyl (C=O) groups excluding carboxylic acids is 2. The number of hydrogen-bond donors (Lipinski definition) is 1. The van der Waals surface area contributed by atoms with Gasteiger partial charge in [0.05, 0.1) is 11.1 Å². The minimum atomic E-state index is -4.55. The predicted molar refractivity (Wildman–Crippen MR) is 81.4 cm³/mol. The lowest BCUT2D eigenvalue weighted by atomic mass is 10.2. The molecule has 0 saturated heterocycles. The van der Waals surface area contributed by atoms with E-state index in [1.807, 2.05) is 0 Å². The fraction of sp³-hybridized carbons (Fsp3) is 0.176. The van der Waals surface area contributed by atoms with Crippen molar-refractivity contribution in [3.63, 3.8) is 0 Å². The highest BCUT2D eigenvalue weighted by Gasteiger charge is 2.30. The van der Waals surface area contributed by atoms with Crippen LogP contribution < -0.4 is 5.32 Å². The lowest BCUT2D eigenvalue weighted by Gasteiger charge is -2.14. The van der Waals surface area contributed by atoms with Gasteiger partial charge < -0.3 is 10.1 Å². The van der Waals surface area contributed by atoms with Gasteiger partial charge in [0.25, 0.3) is 5.91 Å². The highest BCUT2D eigenvalue weighted by molar-refractivity contribution is 5.97. The number of carbonyl (C=O) groups is 2. The summed E-state index contributed by atoms with van der Waals surface area (Å²) in [6.45, 7) is 1.25. The zero-order chi connectivity index (χ0) is 18.6. The van der Waals surface area contributed by atoms with Gasteiger partial charge in [0.1, 0.15) is 5.82 Å². The van der Waals surface area contributed by atoms with Crippen molar-refractivity contribution in [2.45, 2.75) is 19.2 Å². The molecular weight excluding hydrogens is 342 g/mol. The lowest BCUT2D eigenvalue weighted by Crippen LogP contribution is -2.30. The number of amides is 1. The SMILES string of the molecule is CC(OC(=O)c1cccc(F)c1)C(=O)Nc1cccc(C(F)(F)F)c1. The van der Waals surface area contributed by atoms with Crippen LogP contribution >= 0.6 is 0 Å². The number of alkyl halides is 3. The number of esters is 1. The van der Waals surface area contributed by atoms with Gasteiger partial charge in [-0.25, -0.2) is 9.18 Å². The molecule has 4 nitrogen and oxygen atoms in total. The van der Waals surface area contributed by atoms with Crippen molar-refractivity contribution in [2.24, 2.45) is 0 Å². The molecule has 2 aromatic carbocycles. The first-order valence-electron chi connectivity index (χ1n) is 7.11. The molecule has 1 atom stereocenters. The topological polar surface area (TPSA) is 55.4 Å². The Kier molecular flexibility index (Phi) is 5.41. The van der Waals surface area contributed by atoms with Crippen LogP contribution in [0, 0.1) is 5.82 Å². The average Bonchev–Trinajstić information content (AvgIpc) is 2.54. The Labute approximate surface area is 140 Å². The number of rotatable bonds is 4. The fourth-order valence-corrected chi connectivity index (χ4v) is 1.91. The Morgan fingerprint density at radius 1 is 1.08 bits per heavy atom. The van der Waals surface area contributed by atoms with Crippen LogP contribution in [0.25, 0.3) is 0 Å². The molecule has 1 amide bonds. The van der Waals surface area contributed by atoms with Gasteiger partial charge in [0.2, 0.25) is 0 Å². The molecule has 0 aliphatic heterocycles. The van der Waals surface area contributed by atoms with Crippen molar-refractivity contribution >= 4 is 17.6 Å². The predicted octanol–water partition coefficient (Wildman–Crippen LogP) is 4.03. The summed E-state index contributed by atoms with van der Waals surface area (Å²) in [7, 11) is 0. The number of nitrogens with one attached hydrogen (secondary N) is 1. The van der Waals surface area contributed by atoms with Gasteiger partial charge in [-0.15, -0.1) is 0 Å². The molecule has 2 aromatic rings. The van der Waals surface area contributed by atoms with Gasteiger partial charge in [-0.2, -0.15) is 13.2 Å². The second kappa shape index (κ2) is 7.33. The molecule has 0 bridgehead atoms. The Bertz CT molecular complexity index is 789. The van der Waals surface area contributed by atoms with Crippen LogP contribution in [0.15, 0.2) is 48.5 Å². The van der Waals surface area contributed by atoms with E-state index in [-0.39, 0.29) is 11.3 Å². The van der Waals surface area contributed by atoms with Crippen molar-refractivity contribution in [3.8, 4) is 0 Å². The van der Waals surface area contributed by atoms with E-state index in [1.54, 1.807) is 0 Å². The molecule has 0 aliphatic rings. The average molecular weight is 355 g/mol. The van der Waals surface area contributed by atoms with Crippen LogP contribution in [0.5, 0.6) is 0 Å². The van der Waals surface area contributed by atoms with E-state index in [4.69, 9.17) is 4.74 Å². The van der Waals surface area contributed by atoms with E-state index >= 15 is 0 Å². The Hall–Kier alpha value is -2.90. The van der Waals surface area contributed by atoms with Crippen molar-refractivity contribution in [1.29, 1.82) is 0 Å². The largest absolute Gasteiger partial charge is 0.449 e. The summed E-state index contributed by atoms with van der Waals surface area (Å²) < 4.78 is 55.9. The highest BCUT2D eigenvalue weighted by atomic mass is 19.4. The summed E-state index contributed by atoms with van der Waals surface area (Å²) >= 11 is 0. The summed E-state index contributed by atoms with van der Waals surface area (Å²) in [4.78, 5) is 23.8. The molecule has 0 heterocycles. The molecule has 8 heteroatoms. The maximum absolute atomic E-state index is 13.1. The Morgan fingerprint density at radius 3 is 2.40 bits per heavy atom. The maximum atomic E-state index is 13.1. The van der Waals surface area contributed by atoms with Gasteiger partial charge >= 0.3 is 12.1 Å². The molecule has 132 valence electrons. The zero-order valence-electron chi connectivity index (χ0n) is 12.9. The molecule has 0 fully saturated rings. The van der Waals surface area contributed by atoms with E-state index in [1.165, 1.54) is 25.1 Å². The number of ether oxygens (including phenoxy) is 1. The van der Waals surface area contributed by atoms with Crippen LogP contribution in [0.2, 0.25) is 0 Å². The van der Waals surface area contributed by atoms with Crippen molar-refractivity contribution in [1.82, 2.24) is 0 Å². The standard InChI is InChI=1S/C17H13F4NO3/c1-10(25-16(24)11-4-2-6-13(18)8-11)15(23)22-14-7-3-5-12(9-14)17(19,20)21/h2-10H,1H3,(H,22,23). The minimum absolute atomic E-state index is 0.0845. The monoisotopic (exact) mass is 355 g/mol. The molecule has 0 saturated carbocycles. The normalized spacial score (nSPS) is 12.4. The summed E-state index contributed by atoms with van der Waals surface area (Å²) in [6, 6.07) is 8.74. The van der Waals surface area contributed by atoms with Gasteiger partial charge in [0, 0.05) is 5.69 Å². The van der Waals surface area contributed by atoms with Crippen LogP contribution in [0.1, 0.15) is 22.8 Å². The van der Waals surface area contributed by atoms with Crippen LogP contribution in [-0.2, 0) is 15.7 Å². The zero-order valence-corrected chi connectivity index (χ0v) is 12.9. The smallest absolute Gasteiger partial charge is 0.416 e. The molecule has 2 rings (SSSR count). The molecule has 1 N–H and O–H groups in total.